The lowest BCUT2D eigenvalue weighted by Crippen LogP contribution is -2.24. The van der Waals surface area contributed by atoms with E-state index in [9.17, 15) is 4.79 Å². The number of carbonyl (C=O) groups excluding carboxylic acids is 1. The van der Waals surface area contributed by atoms with Crippen molar-refractivity contribution in [1.29, 1.82) is 0 Å². The van der Waals surface area contributed by atoms with E-state index in [0.29, 0.717) is 12.4 Å². The number of methoxy groups -OCH3 is 1. The average Bonchev–Trinajstić information content (AvgIpc) is 2.36. The predicted molar refractivity (Wildman–Crippen MR) is 70.7 cm³/mol. The second-order valence-corrected chi connectivity index (χ2v) is 3.99. The summed E-state index contributed by atoms with van der Waals surface area (Å²) in [6, 6.07) is 7.67. The molecule has 0 heterocycles. The van der Waals surface area contributed by atoms with E-state index in [1.54, 1.807) is 13.2 Å². The number of carbonyl (C=O) groups is 1. The lowest BCUT2D eigenvalue weighted by molar-refractivity contribution is -0.119. The van der Waals surface area contributed by atoms with E-state index in [1.165, 1.54) is 0 Å². The molecule has 1 aromatic rings. The van der Waals surface area contributed by atoms with Crippen LogP contribution in [0.4, 0.5) is 5.69 Å². The summed E-state index contributed by atoms with van der Waals surface area (Å²) in [4.78, 5) is 10.6. The van der Waals surface area contributed by atoms with E-state index in [1.807, 2.05) is 18.2 Å². The van der Waals surface area contributed by atoms with Gasteiger partial charge in [-0.25, -0.2) is 0 Å². The van der Waals surface area contributed by atoms with Crippen LogP contribution in [0.2, 0.25) is 0 Å². The molecule has 1 aromatic carbocycles. The Kier molecular flexibility index (Phi) is 6.00. The van der Waals surface area contributed by atoms with Gasteiger partial charge < -0.3 is 20.5 Å². The summed E-state index contributed by atoms with van der Waals surface area (Å²) in [5, 5.41) is 3.34. The van der Waals surface area contributed by atoms with Crippen molar-refractivity contribution in [2.24, 2.45) is 5.73 Å². The van der Waals surface area contributed by atoms with Crippen LogP contribution in [0.1, 0.15) is 13.3 Å². The molecule has 0 aliphatic carbocycles. The Morgan fingerprint density at radius 3 is 2.89 bits per heavy atom. The van der Waals surface area contributed by atoms with Gasteiger partial charge in [0, 0.05) is 24.9 Å². The van der Waals surface area contributed by atoms with E-state index >= 15 is 0 Å². The Morgan fingerprint density at radius 1 is 1.50 bits per heavy atom. The van der Waals surface area contributed by atoms with Crippen molar-refractivity contribution >= 4 is 11.6 Å². The zero-order chi connectivity index (χ0) is 13.4. The zero-order valence-electron chi connectivity index (χ0n) is 10.8. The highest BCUT2D eigenvalue weighted by Gasteiger charge is 2.06. The van der Waals surface area contributed by atoms with Gasteiger partial charge in [0.15, 0.2) is 6.61 Å². The van der Waals surface area contributed by atoms with Crippen LogP contribution in [0.5, 0.6) is 5.75 Å². The summed E-state index contributed by atoms with van der Waals surface area (Å²) in [7, 11) is 1.68. The lowest BCUT2D eigenvalue weighted by atomic mass is 10.2. The van der Waals surface area contributed by atoms with Crippen LogP contribution in [0.25, 0.3) is 0 Å². The molecule has 0 saturated carbocycles. The highest BCUT2D eigenvalue weighted by Crippen LogP contribution is 2.18. The molecule has 5 heteroatoms. The molecule has 0 aliphatic rings. The summed E-state index contributed by atoms with van der Waals surface area (Å²) in [6.07, 6.45) is 0.959. The minimum atomic E-state index is -0.487. The first-order valence-electron chi connectivity index (χ1n) is 5.92. The highest BCUT2D eigenvalue weighted by atomic mass is 16.5. The molecular formula is C13H20N2O3. The number of nitrogens with one attached hydrogen (secondary N) is 1. The summed E-state index contributed by atoms with van der Waals surface area (Å²) in [5.74, 6) is 0.130. The van der Waals surface area contributed by atoms with Gasteiger partial charge in [-0.05, 0) is 18.6 Å². The fourth-order valence-electron chi connectivity index (χ4n) is 1.53. The van der Waals surface area contributed by atoms with Crippen LogP contribution in [-0.2, 0) is 9.53 Å². The van der Waals surface area contributed by atoms with Crippen LogP contribution < -0.4 is 15.8 Å². The second-order valence-electron chi connectivity index (χ2n) is 3.99. The van der Waals surface area contributed by atoms with E-state index in [4.69, 9.17) is 15.2 Å². The van der Waals surface area contributed by atoms with Crippen LogP contribution >= 0.6 is 0 Å². The summed E-state index contributed by atoms with van der Waals surface area (Å²) in [5.41, 5.74) is 5.96. The van der Waals surface area contributed by atoms with Crippen molar-refractivity contribution < 1.29 is 14.3 Å². The van der Waals surface area contributed by atoms with Crippen molar-refractivity contribution in [1.82, 2.24) is 0 Å². The SMILES string of the molecule is CCC(COC)Nc1cccc(OCC(N)=O)c1. The van der Waals surface area contributed by atoms with Gasteiger partial charge in [0.1, 0.15) is 5.75 Å². The van der Waals surface area contributed by atoms with Crippen molar-refractivity contribution in [2.45, 2.75) is 19.4 Å². The summed E-state index contributed by atoms with van der Waals surface area (Å²) in [6.45, 7) is 2.62. The number of anilines is 1. The van der Waals surface area contributed by atoms with E-state index in [2.05, 4.69) is 12.2 Å². The highest BCUT2D eigenvalue weighted by molar-refractivity contribution is 5.75. The fraction of sp³-hybridized carbons (Fsp3) is 0.462. The molecule has 100 valence electrons. The van der Waals surface area contributed by atoms with Gasteiger partial charge in [-0.15, -0.1) is 0 Å². The van der Waals surface area contributed by atoms with Gasteiger partial charge in [0.2, 0.25) is 0 Å². The maximum atomic E-state index is 10.6. The standard InChI is InChI=1S/C13H20N2O3/c1-3-10(8-17-2)15-11-5-4-6-12(7-11)18-9-13(14)16/h4-7,10,15H,3,8-9H2,1-2H3,(H2,14,16). The van der Waals surface area contributed by atoms with Gasteiger partial charge in [0.25, 0.3) is 5.91 Å². The molecule has 0 bridgehead atoms. The normalized spacial score (nSPS) is 11.9. The van der Waals surface area contributed by atoms with Crippen LogP contribution in [0.15, 0.2) is 24.3 Å². The molecular weight excluding hydrogens is 232 g/mol. The molecule has 1 amide bonds. The zero-order valence-corrected chi connectivity index (χ0v) is 10.8. The van der Waals surface area contributed by atoms with Crippen molar-refractivity contribution in [2.75, 3.05) is 25.6 Å². The minimum Gasteiger partial charge on any atom is -0.484 e. The quantitative estimate of drug-likeness (QED) is 0.733. The third-order valence-electron chi connectivity index (χ3n) is 2.45. The lowest BCUT2D eigenvalue weighted by Gasteiger charge is -2.17. The third-order valence-corrected chi connectivity index (χ3v) is 2.45. The molecule has 18 heavy (non-hydrogen) atoms. The van der Waals surface area contributed by atoms with Gasteiger partial charge in [-0.2, -0.15) is 0 Å². The maximum Gasteiger partial charge on any atom is 0.255 e. The molecule has 0 aliphatic heterocycles. The Morgan fingerprint density at radius 2 is 2.28 bits per heavy atom. The molecule has 0 aromatic heterocycles. The first-order chi connectivity index (χ1) is 8.65. The Balaban J connectivity index is 2.60. The third kappa shape index (κ3) is 5.05. The minimum absolute atomic E-state index is 0.112. The maximum absolute atomic E-state index is 10.6. The molecule has 0 fully saturated rings. The van der Waals surface area contributed by atoms with E-state index < -0.39 is 5.91 Å². The Labute approximate surface area is 107 Å². The fourth-order valence-corrected chi connectivity index (χ4v) is 1.53. The Bertz CT molecular complexity index is 382. The molecule has 0 radical (unpaired) electrons. The predicted octanol–water partition coefficient (Wildman–Crippen LogP) is 1.39. The molecule has 1 atom stereocenters. The van der Waals surface area contributed by atoms with Gasteiger partial charge in [-0.1, -0.05) is 13.0 Å². The molecule has 1 rings (SSSR count). The largest absolute Gasteiger partial charge is 0.484 e. The topological polar surface area (TPSA) is 73.6 Å². The summed E-state index contributed by atoms with van der Waals surface area (Å²) >= 11 is 0. The average molecular weight is 252 g/mol. The molecule has 1 unspecified atom stereocenters. The van der Waals surface area contributed by atoms with E-state index in [0.717, 1.165) is 12.1 Å². The second kappa shape index (κ2) is 7.55. The van der Waals surface area contributed by atoms with Crippen LogP contribution in [0, 0.1) is 0 Å². The number of primary amides is 1. The van der Waals surface area contributed by atoms with Crippen LogP contribution in [-0.4, -0.2) is 32.3 Å². The van der Waals surface area contributed by atoms with Gasteiger partial charge in [0.05, 0.1) is 6.61 Å². The molecule has 5 nitrogen and oxygen atoms in total. The monoisotopic (exact) mass is 252 g/mol. The van der Waals surface area contributed by atoms with Crippen molar-refractivity contribution in [3.8, 4) is 5.75 Å². The number of rotatable bonds is 8. The number of hydrogen-bond acceptors (Lipinski definition) is 4. The number of benzene rings is 1. The number of ether oxygens (including phenoxy) is 2. The van der Waals surface area contributed by atoms with Crippen LogP contribution in [0.3, 0.4) is 0 Å². The Hall–Kier alpha value is -1.75. The first-order valence-corrected chi connectivity index (χ1v) is 5.92. The number of amides is 1. The van der Waals surface area contributed by atoms with E-state index in [-0.39, 0.29) is 12.6 Å². The summed E-state index contributed by atoms with van der Waals surface area (Å²) < 4.78 is 10.4. The molecule has 0 saturated heterocycles. The number of nitrogens with two attached hydrogens (primary N) is 1. The molecule has 0 spiro atoms. The van der Waals surface area contributed by atoms with Gasteiger partial charge >= 0.3 is 0 Å². The molecule has 3 N–H and O–H groups in total. The van der Waals surface area contributed by atoms with Crippen molar-refractivity contribution in [3.63, 3.8) is 0 Å². The smallest absolute Gasteiger partial charge is 0.255 e. The van der Waals surface area contributed by atoms with Crippen molar-refractivity contribution in [3.05, 3.63) is 24.3 Å². The first kappa shape index (κ1) is 14.3. The van der Waals surface area contributed by atoms with Gasteiger partial charge in [-0.3, -0.25) is 4.79 Å². The number of hydrogen-bond donors (Lipinski definition) is 2.